The summed E-state index contributed by atoms with van der Waals surface area (Å²) >= 11 is 1.32. The van der Waals surface area contributed by atoms with E-state index in [1.54, 1.807) is 10.3 Å². The number of nitrogens with zero attached hydrogens (tertiary/aromatic N) is 2. The number of hydrogen-bond acceptors (Lipinski definition) is 5. The van der Waals surface area contributed by atoms with E-state index in [9.17, 15) is 9.59 Å². The van der Waals surface area contributed by atoms with Gasteiger partial charge in [0, 0.05) is 18.5 Å². The van der Waals surface area contributed by atoms with Crippen LogP contribution in [-0.4, -0.2) is 40.0 Å². The third-order valence-electron chi connectivity index (χ3n) is 3.10. The van der Waals surface area contributed by atoms with Crippen LogP contribution in [0.2, 0.25) is 0 Å². The van der Waals surface area contributed by atoms with Gasteiger partial charge in [0.05, 0.1) is 18.0 Å². The van der Waals surface area contributed by atoms with Gasteiger partial charge in [-0.25, -0.2) is 4.98 Å². The number of carboxylic acid groups (broad SMARTS) is 1. The van der Waals surface area contributed by atoms with Crippen LogP contribution < -0.4 is 5.73 Å². The number of nitrogens with two attached hydrogens (primary N) is 1. The molecule has 6 nitrogen and oxygen atoms in total. The second-order valence-corrected chi connectivity index (χ2v) is 5.24. The number of likely N-dealkylation sites (tertiary alicyclic amines) is 1. The van der Waals surface area contributed by atoms with E-state index >= 15 is 0 Å². The third kappa shape index (κ3) is 2.98. The summed E-state index contributed by atoms with van der Waals surface area (Å²) in [6.07, 6.45) is 1.30. The molecule has 2 heterocycles. The number of amides is 1. The normalized spacial score (nSPS) is 16.8. The van der Waals surface area contributed by atoms with Crippen LogP contribution in [0.3, 0.4) is 0 Å². The summed E-state index contributed by atoms with van der Waals surface area (Å²) in [7, 11) is 0. The Morgan fingerprint density at radius 2 is 2.17 bits per heavy atom. The summed E-state index contributed by atoms with van der Waals surface area (Å²) in [5.41, 5.74) is 6.18. The SMILES string of the molecule is Nc1nc(CC(=O)N2CCC(C(=O)O)CC2)cs1. The molecule has 1 amide bonds. The zero-order valence-corrected chi connectivity index (χ0v) is 10.7. The van der Waals surface area contributed by atoms with Gasteiger partial charge in [-0.05, 0) is 12.8 Å². The van der Waals surface area contributed by atoms with Gasteiger partial charge < -0.3 is 15.7 Å². The van der Waals surface area contributed by atoms with Crippen molar-refractivity contribution < 1.29 is 14.7 Å². The van der Waals surface area contributed by atoms with E-state index < -0.39 is 5.97 Å². The van der Waals surface area contributed by atoms with E-state index in [0.717, 1.165) is 0 Å². The summed E-state index contributed by atoms with van der Waals surface area (Å²) in [6, 6.07) is 0. The van der Waals surface area contributed by atoms with Crippen LogP contribution in [-0.2, 0) is 16.0 Å². The maximum absolute atomic E-state index is 12.0. The summed E-state index contributed by atoms with van der Waals surface area (Å²) in [5, 5.41) is 11.1. The highest BCUT2D eigenvalue weighted by molar-refractivity contribution is 7.13. The number of thiazole rings is 1. The smallest absolute Gasteiger partial charge is 0.306 e. The van der Waals surface area contributed by atoms with Gasteiger partial charge in [0.25, 0.3) is 0 Å². The van der Waals surface area contributed by atoms with Crippen molar-refractivity contribution in [2.24, 2.45) is 5.92 Å². The Morgan fingerprint density at radius 1 is 1.50 bits per heavy atom. The van der Waals surface area contributed by atoms with Gasteiger partial charge in [0.1, 0.15) is 0 Å². The first-order valence-electron chi connectivity index (χ1n) is 5.76. The van der Waals surface area contributed by atoms with E-state index in [1.165, 1.54) is 11.3 Å². The number of anilines is 1. The summed E-state index contributed by atoms with van der Waals surface area (Å²) < 4.78 is 0. The van der Waals surface area contributed by atoms with Gasteiger partial charge >= 0.3 is 5.97 Å². The average Bonchev–Trinajstić information content (AvgIpc) is 2.75. The van der Waals surface area contributed by atoms with Crippen molar-refractivity contribution in [3.05, 3.63) is 11.1 Å². The lowest BCUT2D eigenvalue weighted by Gasteiger charge is -2.30. The number of aliphatic carboxylic acids is 1. The molecule has 0 radical (unpaired) electrons. The Morgan fingerprint density at radius 3 is 2.67 bits per heavy atom. The Kier molecular flexibility index (Phi) is 3.81. The van der Waals surface area contributed by atoms with E-state index in [-0.39, 0.29) is 18.2 Å². The average molecular weight is 269 g/mol. The minimum Gasteiger partial charge on any atom is -0.481 e. The Labute approximate surface area is 108 Å². The van der Waals surface area contributed by atoms with Gasteiger partial charge in [-0.15, -0.1) is 11.3 Å². The largest absolute Gasteiger partial charge is 0.481 e. The molecular formula is C11H15N3O3S. The minimum absolute atomic E-state index is 0.0101. The number of carbonyl (C=O) groups excluding carboxylic acids is 1. The summed E-state index contributed by atoms with van der Waals surface area (Å²) in [5.74, 6) is -1.09. The molecule has 1 aromatic heterocycles. The molecule has 98 valence electrons. The van der Waals surface area contributed by atoms with Gasteiger partial charge in [-0.3, -0.25) is 9.59 Å². The van der Waals surface area contributed by atoms with Crippen LogP contribution in [0.5, 0.6) is 0 Å². The maximum atomic E-state index is 12.0. The van der Waals surface area contributed by atoms with Crippen molar-refractivity contribution in [2.45, 2.75) is 19.3 Å². The lowest BCUT2D eigenvalue weighted by atomic mass is 9.97. The maximum Gasteiger partial charge on any atom is 0.306 e. The van der Waals surface area contributed by atoms with Crippen molar-refractivity contribution >= 4 is 28.3 Å². The summed E-state index contributed by atoms with van der Waals surface area (Å²) in [4.78, 5) is 28.5. The molecule has 2 rings (SSSR count). The lowest BCUT2D eigenvalue weighted by Crippen LogP contribution is -2.41. The molecule has 0 spiro atoms. The first-order chi connectivity index (χ1) is 8.56. The molecule has 3 N–H and O–H groups in total. The highest BCUT2D eigenvalue weighted by Crippen LogP contribution is 2.19. The Balaban J connectivity index is 1.86. The molecular weight excluding hydrogens is 254 g/mol. The molecule has 1 aromatic rings. The van der Waals surface area contributed by atoms with Crippen LogP contribution >= 0.6 is 11.3 Å². The first kappa shape index (κ1) is 12.8. The van der Waals surface area contributed by atoms with Crippen molar-refractivity contribution in [3.8, 4) is 0 Å². The second kappa shape index (κ2) is 5.34. The van der Waals surface area contributed by atoms with Crippen molar-refractivity contribution in [1.82, 2.24) is 9.88 Å². The number of hydrogen-bond donors (Lipinski definition) is 2. The zero-order chi connectivity index (χ0) is 13.1. The zero-order valence-electron chi connectivity index (χ0n) is 9.83. The van der Waals surface area contributed by atoms with Crippen LogP contribution in [0.15, 0.2) is 5.38 Å². The highest BCUT2D eigenvalue weighted by Gasteiger charge is 2.27. The van der Waals surface area contributed by atoms with Gasteiger partial charge in [0.15, 0.2) is 5.13 Å². The Bertz CT molecular complexity index is 452. The predicted molar refractivity (Wildman–Crippen MR) is 67.2 cm³/mol. The van der Waals surface area contributed by atoms with E-state index in [0.29, 0.717) is 36.8 Å². The number of carboxylic acids is 1. The Hall–Kier alpha value is -1.63. The molecule has 0 atom stereocenters. The monoisotopic (exact) mass is 269 g/mol. The molecule has 0 aromatic carbocycles. The molecule has 0 aliphatic carbocycles. The fourth-order valence-electron chi connectivity index (χ4n) is 2.05. The minimum atomic E-state index is -0.769. The number of nitrogen functional groups attached to an aromatic ring is 1. The van der Waals surface area contributed by atoms with E-state index in [2.05, 4.69) is 4.98 Å². The number of carbonyl (C=O) groups is 2. The molecule has 1 aliphatic rings. The lowest BCUT2D eigenvalue weighted by molar-refractivity contribution is -0.145. The molecule has 1 saturated heterocycles. The molecule has 0 unspecified atom stereocenters. The van der Waals surface area contributed by atoms with Crippen molar-refractivity contribution in [3.63, 3.8) is 0 Å². The van der Waals surface area contributed by atoms with Crippen LogP contribution in [0, 0.1) is 5.92 Å². The molecule has 18 heavy (non-hydrogen) atoms. The standard InChI is InChI=1S/C11H15N3O3S/c12-11-13-8(6-18-11)5-9(15)14-3-1-7(2-4-14)10(16)17/h6-7H,1-5H2,(H2,12,13)(H,16,17). The van der Waals surface area contributed by atoms with Crippen molar-refractivity contribution in [1.29, 1.82) is 0 Å². The summed E-state index contributed by atoms with van der Waals surface area (Å²) in [6.45, 7) is 1.02. The molecule has 0 saturated carbocycles. The number of rotatable bonds is 3. The molecule has 1 aliphatic heterocycles. The predicted octanol–water partition coefficient (Wildman–Crippen LogP) is 0.591. The van der Waals surface area contributed by atoms with Gasteiger partial charge in [-0.2, -0.15) is 0 Å². The highest BCUT2D eigenvalue weighted by atomic mass is 32.1. The van der Waals surface area contributed by atoms with Crippen LogP contribution in [0.25, 0.3) is 0 Å². The molecule has 7 heteroatoms. The number of piperidine rings is 1. The van der Waals surface area contributed by atoms with E-state index in [4.69, 9.17) is 10.8 Å². The molecule has 0 bridgehead atoms. The second-order valence-electron chi connectivity index (χ2n) is 4.35. The fraction of sp³-hybridized carbons (Fsp3) is 0.545. The van der Waals surface area contributed by atoms with Gasteiger partial charge in [0.2, 0.25) is 5.91 Å². The van der Waals surface area contributed by atoms with Crippen molar-refractivity contribution in [2.75, 3.05) is 18.8 Å². The third-order valence-corrected chi connectivity index (χ3v) is 3.82. The fourth-order valence-corrected chi connectivity index (χ4v) is 2.61. The van der Waals surface area contributed by atoms with E-state index in [1.807, 2.05) is 0 Å². The quantitative estimate of drug-likeness (QED) is 0.837. The van der Waals surface area contributed by atoms with Crippen LogP contribution in [0.4, 0.5) is 5.13 Å². The molecule has 1 fully saturated rings. The van der Waals surface area contributed by atoms with Crippen LogP contribution in [0.1, 0.15) is 18.5 Å². The van der Waals surface area contributed by atoms with Gasteiger partial charge in [-0.1, -0.05) is 0 Å². The number of aromatic nitrogens is 1. The first-order valence-corrected chi connectivity index (χ1v) is 6.64. The topological polar surface area (TPSA) is 96.5 Å².